The van der Waals surface area contributed by atoms with Crippen LogP contribution in [0.3, 0.4) is 0 Å². The summed E-state index contributed by atoms with van der Waals surface area (Å²) in [4.78, 5) is 3.67. The molecule has 0 saturated carbocycles. The molecule has 0 N–H and O–H groups in total. The largest absolute Gasteiger partial charge is 0.280 e. The quantitative estimate of drug-likeness (QED) is 0.294. The van der Waals surface area contributed by atoms with Crippen molar-refractivity contribution in [3.05, 3.63) is 120 Å². The van der Waals surface area contributed by atoms with Crippen LogP contribution in [0.1, 0.15) is 5.56 Å². The van der Waals surface area contributed by atoms with Crippen LogP contribution in [0.2, 0.25) is 0 Å². The normalized spacial score (nSPS) is 10.6. The van der Waals surface area contributed by atoms with E-state index in [1.807, 2.05) is 66.1 Å². The Hall–Kier alpha value is -4.49. The van der Waals surface area contributed by atoms with Crippen LogP contribution in [0.25, 0.3) is 44.2 Å². The molecular weight excluding hydrogens is 392 g/mol. The third-order valence-electron chi connectivity index (χ3n) is 5.58. The van der Waals surface area contributed by atoms with Crippen molar-refractivity contribution in [2.45, 2.75) is 6.92 Å². The maximum Gasteiger partial charge on any atom is 0.190 e. The van der Waals surface area contributed by atoms with Crippen LogP contribution in [0.5, 0.6) is 0 Å². The summed E-state index contributed by atoms with van der Waals surface area (Å²) in [5, 5.41) is 8.71. The second-order valence-corrected chi connectivity index (χ2v) is 7.57. The van der Waals surface area contributed by atoms with Crippen molar-refractivity contribution in [3.63, 3.8) is 0 Å². The molecule has 0 spiro atoms. The van der Waals surface area contributed by atoms with E-state index in [2.05, 4.69) is 57.5 Å². The summed E-state index contributed by atoms with van der Waals surface area (Å²) in [6.45, 7) is 9.44. The van der Waals surface area contributed by atoms with Crippen LogP contribution >= 0.6 is 0 Å². The number of hydrogen-bond acceptors (Lipinski definition) is 2. The Kier molecular flexibility index (Phi) is 5.07. The van der Waals surface area contributed by atoms with E-state index in [1.165, 1.54) is 0 Å². The minimum absolute atomic E-state index is 0.622. The van der Waals surface area contributed by atoms with E-state index in [-0.39, 0.29) is 0 Å². The van der Waals surface area contributed by atoms with Gasteiger partial charge in [0, 0.05) is 16.7 Å². The lowest BCUT2D eigenvalue weighted by Crippen LogP contribution is -2.02. The molecule has 0 bridgehead atoms. The number of para-hydroxylation sites is 1. The Labute approximate surface area is 187 Å². The maximum absolute atomic E-state index is 7.50. The summed E-state index contributed by atoms with van der Waals surface area (Å²) in [5.41, 5.74) is 7.85. The monoisotopic (exact) mass is 412 g/mol. The molecule has 32 heavy (non-hydrogen) atoms. The second kappa shape index (κ2) is 8.33. The first-order valence-electron chi connectivity index (χ1n) is 10.4. The van der Waals surface area contributed by atoms with E-state index < -0.39 is 0 Å². The molecule has 4 aromatic carbocycles. The van der Waals surface area contributed by atoms with Crippen LogP contribution in [0.4, 0.5) is 5.69 Å². The summed E-state index contributed by atoms with van der Waals surface area (Å²) in [6, 6.07) is 32.8. The third-order valence-corrected chi connectivity index (χ3v) is 5.58. The van der Waals surface area contributed by atoms with Crippen LogP contribution in [0.15, 0.2) is 103 Å². The standard InChI is InChI=1S/C28H20N4/c1-20-16-17-23(18-26(20)29-2)28-31-30-19-32(28)27-24(21-10-5-3-6-11-21)14-9-15-25(27)22-12-7-4-8-13-22/h3-19H,1H3. The summed E-state index contributed by atoms with van der Waals surface area (Å²) in [6.07, 6.45) is 1.75. The van der Waals surface area contributed by atoms with E-state index in [0.717, 1.165) is 39.1 Å². The van der Waals surface area contributed by atoms with Gasteiger partial charge in [-0.3, -0.25) is 4.57 Å². The summed E-state index contributed by atoms with van der Waals surface area (Å²) in [5.74, 6) is 0.704. The SMILES string of the molecule is [C-]#[N+]c1cc(-c2nncn2-c2c(-c3ccccc3)cccc2-c2ccccc2)ccc1C. The molecule has 0 amide bonds. The first kappa shape index (κ1) is 19.5. The first-order valence-corrected chi connectivity index (χ1v) is 10.4. The Morgan fingerprint density at radius 3 is 1.94 bits per heavy atom. The van der Waals surface area contributed by atoms with Gasteiger partial charge in [0.05, 0.1) is 12.3 Å². The molecule has 1 heterocycles. The van der Waals surface area contributed by atoms with E-state index in [9.17, 15) is 0 Å². The fraction of sp³-hybridized carbons (Fsp3) is 0.0357. The number of aromatic nitrogens is 3. The number of benzene rings is 4. The zero-order valence-electron chi connectivity index (χ0n) is 17.6. The molecule has 0 atom stereocenters. The van der Waals surface area contributed by atoms with Crippen LogP contribution in [-0.4, -0.2) is 14.8 Å². The molecule has 4 heteroatoms. The molecule has 0 radical (unpaired) electrons. The van der Waals surface area contributed by atoms with Gasteiger partial charge in [0.1, 0.15) is 6.33 Å². The van der Waals surface area contributed by atoms with E-state index in [0.29, 0.717) is 11.5 Å². The van der Waals surface area contributed by atoms with Crippen molar-refractivity contribution in [1.82, 2.24) is 14.8 Å². The molecule has 0 aliphatic rings. The lowest BCUT2D eigenvalue weighted by Gasteiger charge is -2.18. The highest BCUT2D eigenvalue weighted by Gasteiger charge is 2.18. The van der Waals surface area contributed by atoms with Gasteiger partial charge in [-0.1, -0.05) is 91.0 Å². The zero-order valence-corrected chi connectivity index (χ0v) is 17.6. The minimum atomic E-state index is 0.622. The van der Waals surface area contributed by atoms with Gasteiger partial charge in [-0.15, -0.1) is 10.2 Å². The summed E-state index contributed by atoms with van der Waals surface area (Å²) >= 11 is 0. The van der Waals surface area contributed by atoms with Gasteiger partial charge in [-0.2, -0.15) is 0 Å². The Morgan fingerprint density at radius 1 is 0.719 bits per heavy atom. The molecule has 4 nitrogen and oxygen atoms in total. The lowest BCUT2D eigenvalue weighted by molar-refractivity contribution is 1.07. The van der Waals surface area contributed by atoms with Gasteiger partial charge in [-0.25, -0.2) is 4.85 Å². The fourth-order valence-corrected chi connectivity index (χ4v) is 3.97. The van der Waals surface area contributed by atoms with Gasteiger partial charge in [-0.05, 0) is 29.7 Å². The van der Waals surface area contributed by atoms with Crippen molar-refractivity contribution in [3.8, 4) is 39.3 Å². The number of hydrogen-bond donors (Lipinski definition) is 0. The molecule has 0 aliphatic heterocycles. The zero-order chi connectivity index (χ0) is 21.9. The van der Waals surface area contributed by atoms with Crippen molar-refractivity contribution in [1.29, 1.82) is 0 Å². The molecule has 5 rings (SSSR count). The molecule has 0 fully saturated rings. The molecule has 5 aromatic rings. The Morgan fingerprint density at radius 2 is 1.34 bits per heavy atom. The molecule has 0 aliphatic carbocycles. The van der Waals surface area contributed by atoms with E-state index in [1.54, 1.807) is 6.33 Å². The van der Waals surface area contributed by atoms with Crippen molar-refractivity contribution in [2.75, 3.05) is 0 Å². The molecular formula is C28H20N4. The van der Waals surface area contributed by atoms with Crippen molar-refractivity contribution >= 4 is 5.69 Å². The molecule has 0 saturated heterocycles. The van der Waals surface area contributed by atoms with Crippen molar-refractivity contribution in [2.24, 2.45) is 0 Å². The van der Waals surface area contributed by atoms with Gasteiger partial charge in [0.25, 0.3) is 0 Å². The van der Waals surface area contributed by atoms with E-state index in [4.69, 9.17) is 6.57 Å². The topological polar surface area (TPSA) is 35.1 Å². The third kappa shape index (κ3) is 3.46. The molecule has 1 aromatic heterocycles. The highest BCUT2D eigenvalue weighted by molar-refractivity contribution is 5.86. The van der Waals surface area contributed by atoms with Gasteiger partial charge in [0.15, 0.2) is 11.5 Å². The minimum Gasteiger partial charge on any atom is -0.280 e. The predicted octanol–water partition coefficient (Wildman–Crippen LogP) is 7.13. The van der Waals surface area contributed by atoms with Gasteiger partial charge >= 0.3 is 0 Å². The molecule has 0 unspecified atom stereocenters. The predicted molar refractivity (Wildman–Crippen MR) is 129 cm³/mol. The van der Waals surface area contributed by atoms with E-state index >= 15 is 0 Å². The van der Waals surface area contributed by atoms with Crippen LogP contribution in [-0.2, 0) is 0 Å². The highest BCUT2D eigenvalue weighted by atomic mass is 15.3. The smallest absolute Gasteiger partial charge is 0.190 e. The maximum atomic E-state index is 7.50. The lowest BCUT2D eigenvalue weighted by atomic mass is 9.95. The first-order chi connectivity index (χ1) is 15.8. The van der Waals surface area contributed by atoms with Crippen LogP contribution < -0.4 is 0 Å². The van der Waals surface area contributed by atoms with Gasteiger partial charge < -0.3 is 0 Å². The number of rotatable bonds is 4. The average Bonchev–Trinajstić information content (AvgIpc) is 3.34. The Balaban J connectivity index is 1.80. The van der Waals surface area contributed by atoms with Crippen molar-refractivity contribution < 1.29 is 0 Å². The highest BCUT2D eigenvalue weighted by Crippen LogP contribution is 2.38. The van der Waals surface area contributed by atoms with Gasteiger partial charge in [0.2, 0.25) is 0 Å². The van der Waals surface area contributed by atoms with Crippen LogP contribution in [0, 0.1) is 13.5 Å². The number of aryl methyl sites for hydroxylation is 1. The summed E-state index contributed by atoms with van der Waals surface area (Å²) < 4.78 is 2.03. The number of nitrogens with zero attached hydrogens (tertiary/aromatic N) is 4. The fourth-order valence-electron chi connectivity index (χ4n) is 3.97. The summed E-state index contributed by atoms with van der Waals surface area (Å²) in [7, 11) is 0. The Bertz CT molecular complexity index is 1370. The molecule has 152 valence electrons. The second-order valence-electron chi connectivity index (χ2n) is 7.57. The average molecular weight is 412 g/mol.